The number of piperidine rings is 1. The number of benzene rings is 1. The van der Waals surface area contributed by atoms with Crippen LogP contribution < -0.4 is 4.74 Å². The van der Waals surface area contributed by atoms with Gasteiger partial charge in [-0.2, -0.15) is 0 Å². The Morgan fingerprint density at radius 1 is 1.14 bits per heavy atom. The number of aromatic nitrogens is 2. The van der Waals surface area contributed by atoms with Crippen LogP contribution in [0, 0.1) is 17.8 Å². The molecule has 22 heavy (non-hydrogen) atoms. The fourth-order valence-electron chi connectivity index (χ4n) is 3.52. The van der Waals surface area contributed by atoms with Crippen molar-refractivity contribution in [3.05, 3.63) is 48.4 Å². The number of aliphatic hydroxyl groups excluding tert-OH is 1. The van der Waals surface area contributed by atoms with Crippen molar-refractivity contribution >= 4 is 0 Å². The van der Waals surface area contributed by atoms with Crippen LogP contribution in [-0.4, -0.2) is 39.7 Å². The SMILES string of the molecule is OCC1[C@H]2CN(Cc3ccc(Oc4cnccn4)cc3)C[C@@H]12. The summed E-state index contributed by atoms with van der Waals surface area (Å²) in [6.45, 7) is 3.57. The molecule has 1 aliphatic carbocycles. The third kappa shape index (κ3) is 2.69. The van der Waals surface area contributed by atoms with Crippen molar-refractivity contribution in [1.82, 2.24) is 14.9 Å². The summed E-state index contributed by atoms with van der Waals surface area (Å²) in [5.74, 6) is 3.30. The van der Waals surface area contributed by atoms with Crippen molar-refractivity contribution in [3.63, 3.8) is 0 Å². The van der Waals surface area contributed by atoms with Gasteiger partial charge in [0.1, 0.15) is 5.75 Å². The number of aliphatic hydroxyl groups is 1. The highest BCUT2D eigenvalue weighted by Crippen LogP contribution is 2.51. The highest BCUT2D eigenvalue weighted by Gasteiger charge is 2.54. The lowest BCUT2D eigenvalue weighted by molar-refractivity contribution is 0.217. The van der Waals surface area contributed by atoms with Crippen LogP contribution >= 0.6 is 0 Å². The molecular weight excluding hydrogens is 278 g/mol. The molecule has 114 valence electrons. The Morgan fingerprint density at radius 3 is 2.55 bits per heavy atom. The van der Waals surface area contributed by atoms with Crippen LogP contribution in [0.4, 0.5) is 0 Å². The van der Waals surface area contributed by atoms with Crippen LogP contribution in [0.3, 0.4) is 0 Å². The Bertz CT molecular complexity index is 620. The zero-order chi connectivity index (χ0) is 14.9. The molecule has 2 fully saturated rings. The lowest BCUT2D eigenvalue weighted by atomic mass is 10.2. The molecule has 5 heteroatoms. The molecule has 0 radical (unpaired) electrons. The maximum atomic E-state index is 9.20. The average Bonchev–Trinajstić information content (AvgIpc) is 3.04. The zero-order valence-corrected chi connectivity index (χ0v) is 12.3. The van der Waals surface area contributed by atoms with Crippen molar-refractivity contribution in [2.24, 2.45) is 17.8 Å². The first-order valence-corrected chi connectivity index (χ1v) is 7.69. The Hall–Kier alpha value is -1.98. The maximum Gasteiger partial charge on any atom is 0.237 e. The summed E-state index contributed by atoms with van der Waals surface area (Å²) >= 11 is 0. The third-order valence-electron chi connectivity index (χ3n) is 4.75. The van der Waals surface area contributed by atoms with Crippen LogP contribution in [0.25, 0.3) is 0 Å². The van der Waals surface area contributed by atoms with E-state index in [-0.39, 0.29) is 0 Å². The summed E-state index contributed by atoms with van der Waals surface area (Å²) in [4.78, 5) is 10.5. The first kappa shape index (κ1) is 13.7. The molecule has 0 bridgehead atoms. The van der Waals surface area contributed by atoms with Gasteiger partial charge in [0, 0.05) is 38.6 Å². The molecule has 1 aliphatic heterocycles. The van der Waals surface area contributed by atoms with E-state index in [1.807, 2.05) is 12.1 Å². The van der Waals surface area contributed by atoms with Gasteiger partial charge in [-0.25, -0.2) is 4.98 Å². The number of hydrogen-bond donors (Lipinski definition) is 1. The number of hydrogen-bond acceptors (Lipinski definition) is 5. The van der Waals surface area contributed by atoms with E-state index in [0.29, 0.717) is 18.4 Å². The Balaban J connectivity index is 1.33. The number of fused-ring (bicyclic) bond motifs is 1. The van der Waals surface area contributed by atoms with Crippen LogP contribution in [0.15, 0.2) is 42.9 Å². The number of nitrogens with zero attached hydrogens (tertiary/aromatic N) is 3. The van der Waals surface area contributed by atoms with Crippen molar-refractivity contribution in [2.45, 2.75) is 6.54 Å². The highest BCUT2D eigenvalue weighted by atomic mass is 16.5. The van der Waals surface area contributed by atoms with Gasteiger partial charge in [0.25, 0.3) is 0 Å². The van der Waals surface area contributed by atoms with Crippen LogP contribution in [0.5, 0.6) is 11.6 Å². The van der Waals surface area contributed by atoms with E-state index < -0.39 is 0 Å². The second-order valence-corrected chi connectivity index (χ2v) is 6.16. The van der Waals surface area contributed by atoms with Crippen LogP contribution in [0.1, 0.15) is 5.56 Å². The second-order valence-electron chi connectivity index (χ2n) is 6.16. The molecule has 2 heterocycles. The van der Waals surface area contributed by atoms with E-state index in [4.69, 9.17) is 4.74 Å². The smallest absolute Gasteiger partial charge is 0.237 e. The topological polar surface area (TPSA) is 58.5 Å². The summed E-state index contributed by atoms with van der Waals surface area (Å²) < 4.78 is 5.64. The standard InChI is InChI=1S/C17H19N3O2/c21-11-16-14-9-20(10-15(14)16)8-12-1-3-13(4-2-12)22-17-7-18-5-6-19-17/h1-7,14-16,21H,8-11H2/t14-,15+,16?. The molecule has 3 atom stereocenters. The minimum absolute atomic E-state index is 0.359. The Labute approximate surface area is 129 Å². The summed E-state index contributed by atoms with van der Waals surface area (Å²) in [6.07, 6.45) is 4.84. The molecule has 1 unspecified atom stereocenters. The lowest BCUT2D eigenvalue weighted by Crippen LogP contribution is -2.24. The largest absolute Gasteiger partial charge is 0.438 e. The lowest BCUT2D eigenvalue weighted by Gasteiger charge is -2.19. The minimum Gasteiger partial charge on any atom is -0.438 e. The normalized spacial score (nSPS) is 26.7. The van der Waals surface area contributed by atoms with Gasteiger partial charge in [0.05, 0.1) is 6.20 Å². The van der Waals surface area contributed by atoms with Gasteiger partial charge in [0.2, 0.25) is 5.88 Å². The summed E-state index contributed by atoms with van der Waals surface area (Å²) in [5, 5.41) is 9.20. The fraction of sp³-hybridized carbons (Fsp3) is 0.412. The summed E-state index contributed by atoms with van der Waals surface area (Å²) in [6, 6.07) is 8.13. The number of ether oxygens (including phenoxy) is 1. The predicted octanol–water partition coefficient (Wildman–Crippen LogP) is 1.94. The van der Waals surface area contributed by atoms with Crippen molar-refractivity contribution in [2.75, 3.05) is 19.7 Å². The predicted molar refractivity (Wildman–Crippen MR) is 81.4 cm³/mol. The van der Waals surface area contributed by atoms with Crippen LogP contribution in [-0.2, 0) is 6.54 Å². The van der Waals surface area contributed by atoms with Gasteiger partial charge < -0.3 is 9.84 Å². The van der Waals surface area contributed by atoms with Crippen molar-refractivity contribution in [3.8, 4) is 11.6 Å². The molecule has 2 aliphatic rings. The first-order chi connectivity index (χ1) is 10.8. The molecule has 0 spiro atoms. The molecule has 5 nitrogen and oxygen atoms in total. The fourth-order valence-corrected chi connectivity index (χ4v) is 3.52. The Kier molecular flexibility index (Phi) is 3.52. The molecule has 1 N–H and O–H groups in total. The summed E-state index contributed by atoms with van der Waals surface area (Å²) in [7, 11) is 0. The maximum absolute atomic E-state index is 9.20. The van der Waals surface area contributed by atoms with Gasteiger partial charge >= 0.3 is 0 Å². The van der Waals surface area contributed by atoms with Crippen molar-refractivity contribution < 1.29 is 9.84 Å². The molecular formula is C17H19N3O2. The number of rotatable bonds is 5. The van der Waals surface area contributed by atoms with E-state index in [2.05, 4.69) is 27.0 Å². The van der Waals surface area contributed by atoms with Crippen LogP contribution in [0.2, 0.25) is 0 Å². The quantitative estimate of drug-likeness (QED) is 0.914. The molecule has 0 amide bonds. The highest BCUT2D eigenvalue weighted by molar-refractivity contribution is 5.30. The van der Waals surface area contributed by atoms with Crippen molar-refractivity contribution in [1.29, 1.82) is 0 Å². The van der Waals surface area contributed by atoms with Gasteiger partial charge in [-0.1, -0.05) is 12.1 Å². The Morgan fingerprint density at radius 2 is 1.91 bits per heavy atom. The molecule has 4 rings (SSSR count). The van der Waals surface area contributed by atoms with Gasteiger partial charge in [-0.05, 0) is 35.4 Å². The molecule has 1 aromatic carbocycles. The summed E-state index contributed by atoms with van der Waals surface area (Å²) in [5.41, 5.74) is 1.29. The van der Waals surface area contributed by atoms with E-state index in [1.165, 1.54) is 5.56 Å². The number of likely N-dealkylation sites (tertiary alicyclic amines) is 1. The second kappa shape index (κ2) is 5.66. The molecule has 2 aromatic rings. The average molecular weight is 297 g/mol. The van der Waals surface area contributed by atoms with E-state index in [9.17, 15) is 5.11 Å². The monoisotopic (exact) mass is 297 g/mol. The van der Waals surface area contributed by atoms with Gasteiger partial charge in [-0.3, -0.25) is 9.88 Å². The first-order valence-electron chi connectivity index (χ1n) is 7.69. The molecule has 1 aromatic heterocycles. The zero-order valence-electron chi connectivity index (χ0n) is 12.3. The van der Waals surface area contributed by atoms with Gasteiger partial charge in [0.15, 0.2) is 0 Å². The molecule has 1 saturated heterocycles. The van der Waals surface area contributed by atoms with E-state index >= 15 is 0 Å². The minimum atomic E-state index is 0.359. The third-order valence-corrected chi connectivity index (χ3v) is 4.75. The van der Waals surface area contributed by atoms with E-state index in [1.54, 1.807) is 18.6 Å². The van der Waals surface area contributed by atoms with E-state index in [0.717, 1.165) is 37.2 Å². The van der Waals surface area contributed by atoms with Gasteiger partial charge in [-0.15, -0.1) is 0 Å². The molecule has 1 saturated carbocycles.